The zero-order valence-electron chi connectivity index (χ0n) is 15.8. The molecule has 9 heteroatoms. The number of carbonyl (C=O) groups excluding carboxylic acids is 2. The molecule has 7 nitrogen and oxygen atoms in total. The van der Waals surface area contributed by atoms with Crippen molar-refractivity contribution in [2.45, 2.75) is 6.61 Å². The van der Waals surface area contributed by atoms with Crippen molar-refractivity contribution in [2.24, 2.45) is 0 Å². The van der Waals surface area contributed by atoms with Gasteiger partial charge in [-0.25, -0.2) is 14.8 Å². The number of rotatable bonds is 8. The van der Waals surface area contributed by atoms with Crippen molar-refractivity contribution in [3.8, 4) is 0 Å². The summed E-state index contributed by atoms with van der Waals surface area (Å²) in [6, 6.07) is 15.0. The van der Waals surface area contributed by atoms with Crippen LogP contribution in [0.2, 0.25) is 0 Å². The Labute approximate surface area is 180 Å². The first-order chi connectivity index (χ1) is 14.7. The topological polar surface area (TPSA) is 93.2 Å². The predicted molar refractivity (Wildman–Crippen MR) is 118 cm³/mol. The number of ether oxygens (including phenoxy) is 1. The number of nitrogens with zero attached hydrogens (tertiary/aromatic N) is 2. The van der Waals surface area contributed by atoms with Gasteiger partial charge in [0.1, 0.15) is 12.3 Å². The minimum Gasteiger partial charge on any atom is -0.445 e. The van der Waals surface area contributed by atoms with Gasteiger partial charge in [-0.1, -0.05) is 36.4 Å². The molecule has 3 heterocycles. The van der Waals surface area contributed by atoms with Crippen molar-refractivity contribution in [3.05, 3.63) is 75.4 Å². The van der Waals surface area contributed by atoms with Crippen LogP contribution in [-0.4, -0.2) is 34.9 Å². The lowest BCUT2D eigenvalue weighted by molar-refractivity contribution is 0.103. The molecule has 2 N–H and O–H groups in total. The van der Waals surface area contributed by atoms with E-state index in [1.165, 1.54) is 22.7 Å². The number of aromatic nitrogens is 2. The molecule has 4 rings (SSSR count). The number of anilines is 1. The lowest BCUT2D eigenvalue weighted by Crippen LogP contribution is -2.29. The SMILES string of the molecule is O=C(NCCNc1nc(C(=O)c2cccs2)c2sccc2n1)OCc1ccccc1. The summed E-state index contributed by atoms with van der Waals surface area (Å²) in [5.74, 6) is 0.228. The number of benzene rings is 1. The number of carbonyl (C=O) groups is 2. The van der Waals surface area contributed by atoms with E-state index in [4.69, 9.17) is 4.74 Å². The minimum atomic E-state index is -0.497. The molecule has 0 saturated carbocycles. The Morgan fingerprint density at radius 2 is 1.80 bits per heavy atom. The number of hydrogen-bond donors (Lipinski definition) is 2. The van der Waals surface area contributed by atoms with Crippen LogP contribution in [0.1, 0.15) is 20.9 Å². The monoisotopic (exact) mass is 438 g/mol. The third kappa shape index (κ3) is 4.81. The van der Waals surface area contributed by atoms with Gasteiger partial charge in [-0.2, -0.15) is 0 Å². The molecule has 1 amide bonds. The highest BCUT2D eigenvalue weighted by molar-refractivity contribution is 7.17. The number of amides is 1. The van der Waals surface area contributed by atoms with Gasteiger partial charge < -0.3 is 15.4 Å². The molecule has 30 heavy (non-hydrogen) atoms. The third-order valence-electron chi connectivity index (χ3n) is 4.15. The van der Waals surface area contributed by atoms with E-state index in [9.17, 15) is 9.59 Å². The van der Waals surface area contributed by atoms with Crippen molar-refractivity contribution in [2.75, 3.05) is 18.4 Å². The zero-order valence-corrected chi connectivity index (χ0v) is 17.5. The molecule has 0 fully saturated rings. The second-order valence-electron chi connectivity index (χ2n) is 6.25. The highest BCUT2D eigenvalue weighted by Gasteiger charge is 2.18. The number of ketones is 1. The molecule has 3 aromatic heterocycles. The Morgan fingerprint density at radius 3 is 2.60 bits per heavy atom. The first-order valence-corrected chi connectivity index (χ1v) is 11.0. The molecule has 0 atom stereocenters. The van der Waals surface area contributed by atoms with Gasteiger partial charge in [0.2, 0.25) is 11.7 Å². The van der Waals surface area contributed by atoms with Crippen LogP contribution in [0.3, 0.4) is 0 Å². The third-order valence-corrected chi connectivity index (χ3v) is 5.93. The van der Waals surface area contributed by atoms with Crippen LogP contribution in [0.5, 0.6) is 0 Å². The van der Waals surface area contributed by atoms with E-state index in [2.05, 4.69) is 20.6 Å². The summed E-state index contributed by atoms with van der Waals surface area (Å²) < 4.78 is 5.93. The summed E-state index contributed by atoms with van der Waals surface area (Å²) in [6.45, 7) is 0.932. The standard InChI is InChI=1S/C21H18N4O3S2/c26-18(16-7-4-11-29-16)17-19-15(8-12-30-19)24-20(25-17)22-9-10-23-21(27)28-13-14-5-2-1-3-6-14/h1-8,11-12H,9-10,13H2,(H,23,27)(H,22,24,25). The normalized spacial score (nSPS) is 10.7. The maximum Gasteiger partial charge on any atom is 0.407 e. The van der Waals surface area contributed by atoms with Gasteiger partial charge in [0.15, 0.2) is 0 Å². The fourth-order valence-electron chi connectivity index (χ4n) is 2.73. The predicted octanol–water partition coefficient (Wildman–Crippen LogP) is 4.32. The lowest BCUT2D eigenvalue weighted by atomic mass is 10.2. The number of thiophene rings is 2. The summed E-state index contributed by atoms with van der Waals surface area (Å²) in [4.78, 5) is 34.1. The fourth-order valence-corrected chi connectivity index (χ4v) is 4.22. The molecule has 0 spiro atoms. The molecule has 0 unspecified atom stereocenters. The Hall–Kier alpha value is -3.30. The number of nitrogens with one attached hydrogen (secondary N) is 2. The number of fused-ring (bicyclic) bond motifs is 1. The first kappa shape index (κ1) is 20.0. The molecular weight excluding hydrogens is 420 g/mol. The van der Waals surface area contributed by atoms with Crippen LogP contribution in [-0.2, 0) is 11.3 Å². The molecule has 4 aromatic rings. The summed E-state index contributed by atoms with van der Waals surface area (Å²) >= 11 is 2.82. The van der Waals surface area contributed by atoms with Crippen molar-refractivity contribution >= 4 is 50.7 Å². The van der Waals surface area contributed by atoms with Crippen molar-refractivity contribution in [1.82, 2.24) is 15.3 Å². The average Bonchev–Trinajstić information content (AvgIpc) is 3.47. The van der Waals surface area contributed by atoms with Crippen LogP contribution in [0.25, 0.3) is 10.2 Å². The van der Waals surface area contributed by atoms with Gasteiger partial charge in [-0.3, -0.25) is 4.79 Å². The molecule has 1 aromatic carbocycles. The molecule has 0 aliphatic heterocycles. The van der Waals surface area contributed by atoms with E-state index in [-0.39, 0.29) is 12.4 Å². The molecule has 0 bridgehead atoms. The molecule has 0 radical (unpaired) electrons. The summed E-state index contributed by atoms with van der Waals surface area (Å²) in [6.07, 6.45) is -0.497. The van der Waals surface area contributed by atoms with E-state index in [0.717, 1.165) is 10.3 Å². The highest BCUT2D eigenvalue weighted by atomic mass is 32.1. The maximum atomic E-state index is 12.8. The van der Waals surface area contributed by atoms with E-state index in [1.54, 1.807) is 6.07 Å². The van der Waals surface area contributed by atoms with E-state index >= 15 is 0 Å². The largest absolute Gasteiger partial charge is 0.445 e. The Kier molecular flexibility index (Phi) is 6.31. The van der Waals surface area contributed by atoms with Crippen molar-refractivity contribution in [1.29, 1.82) is 0 Å². The van der Waals surface area contributed by atoms with E-state index in [1.807, 2.05) is 53.2 Å². The van der Waals surface area contributed by atoms with Crippen LogP contribution in [0, 0.1) is 0 Å². The van der Waals surface area contributed by atoms with Gasteiger partial charge >= 0.3 is 6.09 Å². The molecule has 0 aliphatic carbocycles. The second kappa shape index (κ2) is 9.47. The van der Waals surface area contributed by atoms with Gasteiger partial charge in [0.25, 0.3) is 0 Å². The van der Waals surface area contributed by atoms with Crippen LogP contribution < -0.4 is 10.6 Å². The average molecular weight is 439 g/mol. The van der Waals surface area contributed by atoms with Crippen LogP contribution in [0.15, 0.2) is 59.3 Å². The second-order valence-corrected chi connectivity index (χ2v) is 8.12. The van der Waals surface area contributed by atoms with Crippen LogP contribution in [0.4, 0.5) is 10.7 Å². The number of hydrogen-bond acceptors (Lipinski definition) is 8. The van der Waals surface area contributed by atoms with Gasteiger partial charge in [-0.05, 0) is 28.5 Å². The van der Waals surface area contributed by atoms with E-state index in [0.29, 0.717) is 35.1 Å². The molecule has 152 valence electrons. The van der Waals surface area contributed by atoms with Gasteiger partial charge in [-0.15, -0.1) is 22.7 Å². The summed E-state index contributed by atoms with van der Waals surface area (Å²) in [5, 5.41) is 9.48. The first-order valence-electron chi connectivity index (χ1n) is 9.22. The Morgan fingerprint density at radius 1 is 0.933 bits per heavy atom. The fraction of sp³-hybridized carbons (Fsp3) is 0.143. The van der Waals surface area contributed by atoms with Gasteiger partial charge in [0, 0.05) is 13.1 Å². The molecular formula is C21H18N4O3S2. The van der Waals surface area contributed by atoms with E-state index < -0.39 is 6.09 Å². The highest BCUT2D eigenvalue weighted by Crippen LogP contribution is 2.26. The van der Waals surface area contributed by atoms with Crippen LogP contribution >= 0.6 is 22.7 Å². The van der Waals surface area contributed by atoms with Gasteiger partial charge in [0.05, 0.1) is 15.1 Å². The smallest absolute Gasteiger partial charge is 0.407 e. The Bertz CT molecular complexity index is 1140. The molecule has 0 aliphatic rings. The maximum absolute atomic E-state index is 12.8. The van der Waals surface area contributed by atoms with Crippen molar-refractivity contribution < 1.29 is 14.3 Å². The summed E-state index contributed by atoms with van der Waals surface area (Å²) in [5.41, 5.74) is 2.02. The zero-order chi connectivity index (χ0) is 20.8. The quantitative estimate of drug-likeness (QED) is 0.314. The minimum absolute atomic E-state index is 0.120. The number of alkyl carbamates (subject to hydrolysis) is 1. The summed E-state index contributed by atoms with van der Waals surface area (Å²) in [7, 11) is 0. The molecule has 0 saturated heterocycles. The van der Waals surface area contributed by atoms with Crippen molar-refractivity contribution in [3.63, 3.8) is 0 Å². The Balaban J connectivity index is 1.33. The lowest BCUT2D eigenvalue weighted by Gasteiger charge is -2.09.